The number of aryl methyl sites for hydroxylation is 1. The molecule has 2 aromatic rings. The number of piperidine rings is 1. The van der Waals surface area contributed by atoms with Gasteiger partial charge in [-0.15, -0.1) is 11.3 Å². The minimum Gasteiger partial charge on any atom is -0.370 e. The first kappa shape index (κ1) is 23.8. The Bertz CT molecular complexity index is 1110. The lowest BCUT2D eigenvalue weighted by atomic mass is 9.77. The number of nitrogens with zero attached hydrogens (tertiary/aromatic N) is 1. The SMILES string of the molecule is CCc1cc2c(s1)CCO[C@@]21CCN(CC2CC(NS(=O)(=O)c3ccccc3Cl)C2)[C@@H](C)C1. The van der Waals surface area contributed by atoms with Crippen molar-refractivity contribution >= 4 is 33.0 Å². The minimum atomic E-state index is -3.58. The summed E-state index contributed by atoms with van der Waals surface area (Å²) in [6.45, 7) is 7.44. The van der Waals surface area contributed by atoms with Gasteiger partial charge in [-0.05, 0) is 68.7 Å². The number of halogens is 1. The Labute approximate surface area is 206 Å². The van der Waals surface area contributed by atoms with Crippen molar-refractivity contribution in [3.63, 3.8) is 0 Å². The second-order valence-corrected chi connectivity index (χ2v) is 13.2. The number of thiophene rings is 1. The number of sulfonamides is 1. The fourth-order valence-corrected chi connectivity index (χ4v) is 8.76. The van der Waals surface area contributed by atoms with Crippen molar-refractivity contribution in [3.05, 3.63) is 50.7 Å². The van der Waals surface area contributed by atoms with Crippen LogP contribution in [0.4, 0.5) is 0 Å². The summed E-state index contributed by atoms with van der Waals surface area (Å²) in [6, 6.07) is 9.46. The predicted octanol–water partition coefficient (Wildman–Crippen LogP) is 4.97. The third-order valence-electron chi connectivity index (χ3n) is 7.63. The van der Waals surface area contributed by atoms with E-state index in [4.69, 9.17) is 16.3 Å². The van der Waals surface area contributed by atoms with E-state index in [1.54, 1.807) is 24.3 Å². The molecule has 5 nitrogen and oxygen atoms in total. The van der Waals surface area contributed by atoms with E-state index in [-0.39, 0.29) is 21.6 Å². The highest BCUT2D eigenvalue weighted by Gasteiger charge is 2.45. The van der Waals surface area contributed by atoms with E-state index >= 15 is 0 Å². The Morgan fingerprint density at radius 1 is 1.30 bits per heavy atom. The van der Waals surface area contributed by atoms with Gasteiger partial charge in [-0.25, -0.2) is 13.1 Å². The highest BCUT2D eigenvalue weighted by Crippen LogP contribution is 2.46. The molecule has 2 aliphatic heterocycles. The quantitative estimate of drug-likeness (QED) is 0.598. The molecule has 0 amide bonds. The largest absolute Gasteiger partial charge is 0.370 e. The van der Waals surface area contributed by atoms with Crippen LogP contribution in [0.1, 0.15) is 54.8 Å². The summed E-state index contributed by atoms with van der Waals surface area (Å²) in [6.07, 6.45) is 5.98. The first-order valence-electron chi connectivity index (χ1n) is 12.1. The number of hydrogen-bond donors (Lipinski definition) is 1. The zero-order valence-electron chi connectivity index (χ0n) is 19.3. The van der Waals surface area contributed by atoms with Gasteiger partial charge in [-0.2, -0.15) is 0 Å². The van der Waals surface area contributed by atoms with Gasteiger partial charge < -0.3 is 9.64 Å². The Morgan fingerprint density at radius 2 is 2.09 bits per heavy atom. The summed E-state index contributed by atoms with van der Waals surface area (Å²) in [5, 5.41) is 0.265. The van der Waals surface area contributed by atoms with E-state index in [0.29, 0.717) is 12.0 Å². The first-order valence-corrected chi connectivity index (χ1v) is 14.7. The summed E-state index contributed by atoms with van der Waals surface area (Å²) < 4.78 is 34.7. The molecule has 3 heterocycles. The average Bonchev–Trinajstić information content (AvgIpc) is 3.19. The van der Waals surface area contributed by atoms with E-state index in [9.17, 15) is 8.42 Å². The van der Waals surface area contributed by atoms with E-state index in [0.717, 1.165) is 58.2 Å². The van der Waals surface area contributed by atoms with E-state index in [1.807, 2.05) is 11.3 Å². The van der Waals surface area contributed by atoms with Gasteiger partial charge in [0.15, 0.2) is 0 Å². The van der Waals surface area contributed by atoms with Crippen LogP contribution in [0.3, 0.4) is 0 Å². The Balaban J connectivity index is 1.16. The molecule has 0 bridgehead atoms. The molecule has 2 fully saturated rings. The molecule has 1 aromatic carbocycles. The van der Waals surface area contributed by atoms with Crippen molar-refractivity contribution in [2.24, 2.45) is 5.92 Å². The molecule has 0 unspecified atom stereocenters. The molecule has 1 aliphatic carbocycles. The van der Waals surface area contributed by atoms with Crippen LogP contribution in [-0.4, -0.2) is 45.1 Å². The number of fused-ring (bicyclic) bond motifs is 2. The fraction of sp³-hybridized carbons (Fsp3) is 0.600. The zero-order valence-corrected chi connectivity index (χ0v) is 21.7. The topological polar surface area (TPSA) is 58.6 Å². The summed E-state index contributed by atoms with van der Waals surface area (Å²) in [5.74, 6) is 0.524. The number of likely N-dealkylation sites (tertiary alicyclic amines) is 1. The van der Waals surface area contributed by atoms with Crippen molar-refractivity contribution in [2.45, 2.75) is 75.0 Å². The first-order chi connectivity index (χ1) is 15.8. The van der Waals surface area contributed by atoms with Crippen molar-refractivity contribution < 1.29 is 13.2 Å². The average molecular weight is 509 g/mol. The van der Waals surface area contributed by atoms with Crippen LogP contribution in [0.2, 0.25) is 5.02 Å². The van der Waals surface area contributed by atoms with Crippen molar-refractivity contribution in [3.8, 4) is 0 Å². The van der Waals surface area contributed by atoms with Crippen LogP contribution in [0.15, 0.2) is 35.2 Å². The summed E-state index contributed by atoms with van der Waals surface area (Å²) in [5.41, 5.74) is 1.35. The molecule has 0 radical (unpaired) electrons. The van der Waals surface area contributed by atoms with Crippen LogP contribution in [-0.2, 0) is 33.2 Å². The molecule has 1 aromatic heterocycles. The molecule has 3 aliphatic rings. The molecule has 33 heavy (non-hydrogen) atoms. The van der Waals surface area contributed by atoms with Crippen LogP contribution < -0.4 is 4.72 Å². The minimum absolute atomic E-state index is 0.00906. The third kappa shape index (κ3) is 4.65. The fourth-order valence-electron chi connectivity index (χ4n) is 5.80. The summed E-state index contributed by atoms with van der Waals surface area (Å²) >= 11 is 8.07. The van der Waals surface area contributed by atoms with Gasteiger partial charge in [0.25, 0.3) is 0 Å². The number of rotatable bonds is 6. The molecule has 1 spiro atoms. The van der Waals surface area contributed by atoms with Gasteiger partial charge in [0.2, 0.25) is 10.0 Å². The maximum Gasteiger partial charge on any atom is 0.242 e. The number of ether oxygens (including phenoxy) is 1. The standard InChI is InChI=1S/C25H33ClN2O3S2/c1-3-20-14-21-23(32-20)8-11-31-25(21)9-10-28(17(2)15-25)16-18-12-19(13-18)27-33(29,30)24-7-5-4-6-22(24)26/h4-7,14,17-19,27H,3,8-13,15-16H2,1-2H3/t17-,18?,19?,25+/m0/s1. The number of nitrogens with one attached hydrogen (secondary N) is 1. The van der Waals surface area contributed by atoms with Gasteiger partial charge in [-0.1, -0.05) is 30.7 Å². The summed E-state index contributed by atoms with van der Waals surface area (Å²) in [7, 11) is -3.58. The molecule has 1 saturated carbocycles. The predicted molar refractivity (Wildman–Crippen MR) is 134 cm³/mol. The Morgan fingerprint density at radius 3 is 2.82 bits per heavy atom. The third-order valence-corrected chi connectivity index (χ3v) is 11.0. The molecule has 1 saturated heterocycles. The lowest BCUT2D eigenvalue weighted by molar-refractivity contribution is -0.114. The monoisotopic (exact) mass is 508 g/mol. The second-order valence-electron chi connectivity index (χ2n) is 9.88. The van der Waals surface area contributed by atoms with E-state index in [2.05, 4.69) is 29.5 Å². The number of hydrogen-bond acceptors (Lipinski definition) is 5. The molecular formula is C25H33ClN2O3S2. The molecule has 180 valence electrons. The van der Waals surface area contributed by atoms with Crippen LogP contribution in [0.25, 0.3) is 0 Å². The van der Waals surface area contributed by atoms with Gasteiger partial charge in [-0.3, -0.25) is 0 Å². The van der Waals surface area contributed by atoms with Gasteiger partial charge in [0.1, 0.15) is 4.90 Å². The van der Waals surface area contributed by atoms with Crippen molar-refractivity contribution in [1.82, 2.24) is 9.62 Å². The summed E-state index contributed by atoms with van der Waals surface area (Å²) in [4.78, 5) is 5.75. The molecular weight excluding hydrogens is 476 g/mol. The Kier molecular flexibility index (Phi) is 6.66. The smallest absolute Gasteiger partial charge is 0.242 e. The maximum atomic E-state index is 12.7. The second kappa shape index (κ2) is 9.25. The Hall–Kier alpha value is -0.960. The van der Waals surface area contributed by atoms with E-state index in [1.165, 1.54) is 15.3 Å². The molecule has 2 atom stereocenters. The normalized spacial score (nSPS) is 30.2. The van der Waals surface area contributed by atoms with E-state index < -0.39 is 10.0 Å². The highest BCUT2D eigenvalue weighted by molar-refractivity contribution is 7.89. The van der Waals surface area contributed by atoms with Crippen LogP contribution in [0.5, 0.6) is 0 Å². The molecule has 1 N–H and O–H groups in total. The van der Waals surface area contributed by atoms with Gasteiger partial charge in [0, 0.05) is 41.3 Å². The van der Waals surface area contributed by atoms with Crippen molar-refractivity contribution in [1.29, 1.82) is 0 Å². The lowest BCUT2D eigenvalue weighted by Gasteiger charge is -2.49. The zero-order chi connectivity index (χ0) is 23.2. The van der Waals surface area contributed by atoms with Gasteiger partial charge in [0.05, 0.1) is 17.2 Å². The van der Waals surface area contributed by atoms with Crippen LogP contribution in [0, 0.1) is 5.92 Å². The van der Waals surface area contributed by atoms with Crippen molar-refractivity contribution in [2.75, 3.05) is 19.7 Å². The highest BCUT2D eigenvalue weighted by atomic mass is 35.5. The molecule has 8 heteroatoms. The molecule has 5 rings (SSSR count). The van der Waals surface area contributed by atoms with Crippen LogP contribution >= 0.6 is 22.9 Å². The number of benzene rings is 1. The van der Waals surface area contributed by atoms with Gasteiger partial charge >= 0.3 is 0 Å². The lowest BCUT2D eigenvalue weighted by Crippen LogP contribution is -2.54. The maximum absolute atomic E-state index is 12.7.